The molecular formula is C98H114BrCl4N23O8. The minimum Gasteiger partial charge on any atom is -0.507 e. The Hall–Kier alpha value is -11.5. The van der Waals surface area contributed by atoms with E-state index in [4.69, 9.17) is 90.8 Å². The lowest BCUT2D eigenvalue weighted by Crippen LogP contribution is -2.51. The summed E-state index contributed by atoms with van der Waals surface area (Å²) in [6.07, 6.45) is 21.8. The van der Waals surface area contributed by atoms with Gasteiger partial charge in [0.2, 0.25) is 41.7 Å². The summed E-state index contributed by atoms with van der Waals surface area (Å²) >= 11 is 28.9. The monoisotopic (exact) mass is 1960 g/mol. The molecule has 5 aromatic carbocycles. The van der Waals surface area contributed by atoms with Gasteiger partial charge in [0.25, 0.3) is 23.6 Å². The lowest BCUT2D eigenvalue weighted by Gasteiger charge is -2.33. The maximum atomic E-state index is 14.0. The van der Waals surface area contributed by atoms with Crippen LogP contribution in [0.1, 0.15) is 239 Å². The summed E-state index contributed by atoms with van der Waals surface area (Å²) in [4.78, 5) is 109. The van der Waals surface area contributed by atoms with Crippen molar-refractivity contribution in [1.29, 1.82) is 0 Å². The van der Waals surface area contributed by atoms with Gasteiger partial charge in [-0.15, -0.1) is 0 Å². The number of methoxy groups -OCH3 is 2. The fourth-order valence-corrected chi connectivity index (χ4v) is 22.0. The number of nitrogens with one attached hydrogen (secondary N) is 3. The van der Waals surface area contributed by atoms with E-state index in [0.29, 0.717) is 195 Å². The third-order valence-electron chi connectivity index (χ3n) is 27.2. The Bertz CT molecular complexity index is 6170. The number of amides is 4. The maximum Gasteiger partial charge on any atom is 0.281 e. The number of benzene rings is 5. The first-order chi connectivity index (χ1) is 65.0. The zero-order valence-corrected chi connectivity index (χ0v) is 81.5. The number of imidazole rings is 4. The predicted octanol–water partition coefficient (Wildman–Crippen LogP) is 17.9. The fourth-order valence-electron chi connectivity index (χ4n) is 20.4. The van der Waals surface area contributed by atoms with E-state index in [1.807, 2.05) is 113 Å². The van der Waals surface area contributed by atoms with Gasteiger partial charge in [-0.3, -0.25) is 77.1 Å². The number of carbonyl (C=O) groups is 4. The Labute approximate surface area is 809 Å². The number of hydrogen-bond donors (Lipinski definition) is 5. The predicted molar refractivity (Wildman–Crippen MR) is 530 cm³/mol. The molecular weight excluding hydrogens is 1850 g/mol. The molecule has 134 heavy (non-hydrogen) atoms. The lowest BCUT2D eigenvalue weighted by atomic mass is 9.96. The van der Waals surface area contributed by atoms with Gasteiger partial charge in [-0.25, -0.2) is 20.0 Å². The zero-order valence-electron chi connectivity index (χ0n) is 76.9. The molecule has 36 heteroatoms. The van der Waals surface area contributed by atoms with Crippen LogP contribution in [-0.2, 0) is 26.2 Å². The number of nitrogens with zero attached hydrogens (tertiary/aromatic N) is 20. The molecule has 0 bridgehead atoms. The number of phenols is 2. The van der Waals surface area contributed by atoms with Crippen molar-refractivity contribution in [3.05, 3.63) is 178 Å². The van der Waals surface area contributed by atoms with Gasteiger partial charge in [0.15, 0.2) is 57.6 Å². The second kappa shape index (κ2) is 39.8. The van der Waals surface area contributed by atoms with Crippen molar-refractivity contribution in [2.75, 3.05) is 109 Å². The summed E-state index contributed by atoms with van der Waals surface area (Å²) in [5, 5.41) is 32.3. The first kappa shape index (κ1) is 92.9. The highest BCUT2D eigenvalue weighted by Crippen LogP contribution is 2.46. The molecule has 2 atom stereocenters. The molecule has 0 saturated heterocycles. The average molecular weight is 1960 g/mol. The van der Waals surface area contributed by atoms with E-state index in [-0.39, 0.29) is 52.8 Å². The summed E-state index contributed by atoms with van der Waals surface area (Å²) in [7, 11) is 3.13. The zero-order chi connectivity index (χ0) is 93.5. The van der Waals surface area contributed by atoms with E-state index in [2.05, 4.69) is 82.2 Å². The number of halogens is 5. The Morgan fingerprint density at radius 3 is 1.43 bits per heavy atom. The lowest BCUT2D eigenvalue weighted by molar-refractivity contribution is 0.0828. The molecule has 4 aromatic heterocycles. The summed E-state index contributed by atoms with van der Waals surface area (Å²) in [5.74, 6) is 15.6. The normalized spacial score (nSPS) is 19.2. The SMILES string of the molecule is CCN1C(=O)c2c(nc(C#Cc3ccccc3)n2Cc2cc(Cl)c(OC)c(Cl)c2)N2CC3(CCCC3)N=C12.CCN1C(=O)c2c(nc(NC3CCCC3)n2Cc2ccc(OC)c(Cl)c2)N2CCN=C12.CCN1C(=O)c2c(nc(NC3CCCCC3)n2Cc2ccc(O)c(Br)c2)N2C[C@@H](C)N=C12.CC[C@@H]1CN2C(=N1)N(CC)C(=O)c1c2nc(NC2CCCCC2)n1Cc1ccc(O)c(Cl)c1. The number of carbonyl (C=O) groups excluding carboxylic acids is 4. The van der Waals surface area contributed by atoms with E-state index >= 15 is 0 Å². The van der Waals surface area contributed by atoms with Gasteiger partial charge >= 0.3 is 0 Å². The van der Waals surface area contributed by atoms with Crippen LogP contribution in [0.5, 0.6) is 23.0 Å². The fraction of sp³-hybridized carbons (Fsp3) is 0.469. The summed E-state index contributed by atoms with van der Waals surface area (Å²) in [5.41, 5.74) is 6.67. The number of guanidine groups is 4. The molecule has 12 heterocycles. The molecule has 1 spiro atoms. The maximum absolute atomic E-state index is 14.0. The van der Waals surface area contributed by atoms with E-state index in [1.54, 1.807) is 57.0 Å². The Morgan fingerprint density at radius 2 is 0.925 bits per heavy atom. The van der Waals surface area contributed by atoms with Crippen LogP contribution < -0.4 is 45.0 Å². The van der Waals surface area contributed by atoms with E-state index < -0.39 is 0 Å². The number of aromatic nitrogens is 8. The van der Waals surface area contributed by atoms with Crippen LogP contribution in [0.4, 0.5) is 41.1 Å². The standard InChI is InChI=1S/C29H27Cl2N5O2.C24H31ClN6O2.C23H29BrN6O2.C22H27ClN6O2/c1-3-34-27(37)24-26(36-18-29(33-28(34)36)13-7-8-14-29)32-23(12-11-19-9-5-4-6-10-19)35(24)17-20-15-21(30)25(38-2)22(31)16-20;1-3-16-14-31-21-20(22(33)29(4-2)24(31)27-16)30(13-15-10-11-19(32)18(25)12-15)23(28-21)26-17-8-6-5-7-9-17;1-3-28-21(32)19-20(30-12-14(2)25-23(28)30)27-22(26-16-7-5-4-6-8-16)29(19)13-15-9-10-18(31)17(24)11-15;1-3-27-20(30)18-19(28-11-10-24-22(27)28)26-21(25-15-6-4-5-7-15)29(18)13-14-8-9-17(31-2)16(23)12-14/h4-6,9-10,15-16H,3,7-8,13-14,17-18H2,1-2H3;10-12,16-17,32H,3-9,13-14H2,1-2H3,(H,26,28);9-11,14,16,31H,3-8,12-13H2,1-2H3,(H,26,27);8-9,12,15H,3-7,10-11,13H2,1-2H3,(H,25,26)/t;16-;14-;/m.11./s1. The largest absolute Gasteiger partial charge is 0.507 e. The summed E-state index contributed by atoms with van der Waals surface area (Å²) < 4.78 is 19.1. The highest BCUT2D eigenvalue weighted by Gasteiger charge is 2.52. The molecule has 4 amide bonds. The Balaban J connectivity index is 0.000000120. The number of rotatable bonds is 21. The third kappa shape index (κ3) is 18.3. The minimum atomic E-state index is -0.151. The number of aromatic hydroxyl groups is 2. The molecule has 5 N–H and O–H groups in total. The molecule has 21 rings (SSSR count). The second-order valence-electron chi connectivity index (χ2n) is 36.1. The smallest absolute Gasteiger partial charge is 0.281 e. The van der Waals surface area contributed by atoms with E-state index in [0.717, 1.165) is 137 Å². The first-order valence-electron chi connectivity index (χ1n) is 47.2. The van der Waals surface area contributed by atoms with Crippen LogP contribution in [0.3, 0.4) is 0 Å². The molecule has 704 valence electrons. The average Bonchev–Trinajstić information content (AvgIpc) is 1.56. The summed E-state index contributed by atoms with van der Waals surface area (Å²) in [6.45, 7) is 19.6. The molecule has 4 aliphatic carbocycles. The van der Waals surface area contributed by atoms with Crippen LogP contribution in [0.2, 0.25) is 20.1 Å². The quantitative estimate of drug-likeness (QED) is 0.0417. The number of fused-ring (bicyclic) bond motifs is 12. The highest BCUT2D eigenvalue weighted by atomic mass is 79.9. The van der Waals surface area contributed by atoms with Crippen LogP contribution >= 0.6 is 62.3 Å². The van der Waals surface area contributed by atoms with Crippen molar-refractivity contribution in [3.63, 3.8) is 0 Å². The summed E-state index contributed by atoms with van der Waals surface area (Å²) in [6, 6.07) is 31.0. The van der Waals surface area contributed by atoms with Gasteiger partial charge in [0.1, 0.15) is 17.2 Å². The van der Waals surface area contributed by atoms with Crippen LogP contribution in [-0.4, -0.2) is 224 Å². The van der Waals surface area contributed by atoms with Crippen LogP contribution in [0, 0.1) is 11.8 Å². The van der Waals surface area contributed by atoms with Crippen molar-refractivity contribution in [3.8, 4) is 34.8 Å². The van der Waals surface area contributed by atoms with Gasteiger partial charge < -0.3 is 40.2 Å². The van der Waals surface area contributed by atoms with E-state index in [1.165, 1.54) is 58.5 Å². The van der Waals surface area contributed by atoms with Crippen LogP contribution in [0.25, 0.3) is 0 Å². The molecule has 0 radical (unpaired) electrons. The molecule has 8 aliphatic heterocycles. The molecule has 31 nitrogen and oxygen atoms in total. The van der Waals surface area contributed by atoms with Crippen molar-refractivity contribution in [1.82, 2.24) is 57.8 Å². The number of hydrogen-bond acceptors (Lipinski definition) is 23. The van der Waals surface area contributed by atoms with Crippen LogP contribution in [0.15, 0.2) is 122 Å². The van der Waals surface area contributed by atoms with Gasteiger partial charge in [0.05, 0.1) is 102 Å². The number of phenolic OH excluding ortho intramolecular Hbond substituents is 2. The van der Waals surface area contributed by atoms with Gasteiger partial charge in [0, 0.05) is 63.0 Å². The molecule has 4 saturated carbocycles. The molecule has 9 aromatic rings. The first-order valence-corrected chi connectivity index (χ1v) is 49.5. The third-order valence-corrected chi connectivity index (χ3v) is 29.0. The van der Waals surface area contributed by atoms with Crippen molar-refractivity contribution < 1.29 is 38.9 Å². The topological polar surface area (TPSA) is 310 Å². The highest BCUT2D eigenvalue weighted by molar-refractivity contribution is 9.10. The second-order valence-corrected chi connectivity index (χ2v) is 38.5. The van der Waals surface area contributed by atoms with Gasteiger partial charge in [-0.2, -0.15) is 15.0 Å². The molecule has 12 aliphatic rings. The Morgan fingerprint density at radius 1 is 0.470 bits per heavy atom. The van der Waals surface area contributed by atoms with Crippen molar-refractivity contribution in [2.24, 2.45) is 20.0 Å². The van der Waals surface area contributed by atoms with Crippen molar-refractivity contribution in [2.45, 2.75) is 225 Å². The molecule has 0 unspecified atom stereocenters. The number of ether oxygens (including phenoxy) is 2. The van der Waals surface area contributed by atoms with Gasteiger partial charge in [-0.05, 0) is 197 Å². The van der Waals surface area contributed by atoms with Gasteiger partial charge in [-0.1, -0.05) is 160 Å². The van der Waals surface area contributed by atoms with Crippen molar-refractivity contribution >= 4 is 151 Å². The number of anilines is 7. The number of aliphatic imine (C=N–C) groups is 4. The van der Waals surface area contributed by atoms with E-state index in [9.17, 15) is 29.4 Å². The minimum absolute atomic E-state index is 0.0467. The molecule has 4 fully saturated rings. The Kier molecular flexibility index (Phi) is 27.6.